The van der Waals surface area contributed by atoms with Crippen molar-refractivity contribution in [3.63, 3.8) is 0 Å². The van der Waals surface area contributed by atoms with E-state index in [1.165, 1.54) is 24.1 Å². The second kappa shape index (κ2) is 8.66. The molecule has 0 unspecified atom stereocenters. The van der Waals surface area contributed by atoms with E-state index in [0.717, 1.165) is 38.5 Å². The van der Waals surface area contributed by atoms with Crippen molar-refractivity contribution in [2.45, 2.75) is 46.2 Å². The third kappa shape index (κ3) is 5.38. The van der Waals surface area contributed by atoms with Gasteiger partial charge in [0.2, 0.25) is 0 Å². The van der Waals surface area contributed by atoms with Crippen molar-refractivity contribution in [2.24, 2.45) is 5.92 Å². The summed E-state index contributed by atoms with van der Waals surface area (Å²) in [6.45, 7) is 12.5. The number of piperazine rings is 1. The van der Waals surface area contributed by atoms with Crippen LogP contribution in [0.3, 0.4) is 0 Å². The van der Waals surface area contributed by atoms with Crippen LogP contribution in [-0.2, 0) is 6.54 Å². The largest absolute Gasteiger partial charge is 0.396 e. The Morgan fingerprint density at radius 2 is 1.91 bits per heavy atom. The minimum absolute atomic E-state index is 0.293. The Balaban J connectivity index is 1.89. The minimum atomic E-state index is 0.293. The van der Waals surface area contributed by atoms with Gasteiger partial charge in [-0.1, -0.05) is 43.7 Å². The van der Waals surface area contributed by atoms with Crippen LogP contribution in [0.4, 0.5) is 0 Å². The van der Waals surface area contributed by atoms with E-state index in [4.69, 9.17) is 0 Å². The molecule has 0 amide bonds. The predicted octanol–water partition coefficient (Wildman–Crippen LogP) is 2.91. The number of hydrogen-bond acceptors (Lipinski definition) is 3. The first-order valence-electron chi connectivity index (χ1n) is 8.71. The minimum Gasteiger partial charge on any atom is -0.396 e. The molecule has 0 radical (unpaired) electrons. The fraction of sp³-hybridized carbons (Fsp3) is 0.684. The first kappa shape index (κ1) is 17.5. The molecule has 1 N–H and O–H groups in total. The summed E-state index contributed by atoms with van der Waals surface area (Å²) < 4.78 is 0. The van der Waals surface area contributed by atoms with Gasteiger partial charge in [-0.15, -0.1) is 0 Å². The highest BCUT2D eigenvalue weighted by Gasteiger charge is 2.26. The SMILES string of the molecule is Cc1ccc(CN2CCN(CCC(C)C)[C@@H](CCO)C2)cc1. The molecule has 1 aromatic rings. The van der Waals surface area contributed by atoms with Crippen molar-refractivity contribution in [3.8, 4) is 0 Å². The highest BCUT2D eigenvalue weighted by atomic mass is 16.3. The van der Waals surface area contributed by atoms with Crippen LogP contribution in [0, 0.1) is 12.8 Å². The molecule has 0 bridgehead atoms. The molecule has 0 spiro atoms. The Morgan fingerprint density at radius 1 is 1.18 bits per heavy atom. The Hall–Kier alpha value is -0.900. The summed E-state index contributed by atoms with van der Waals surface area (Å²) >= 11 is 0. The molecule has 1 heterocycles. The number of hydrogen-bond donors (Lipinski definition) is 1. The molecule has 3 heteroatoms. The number of aliphatic hydroxyl groups is 1. The monoisotopic (exact) mass is 304 g/mol. The van der Waals surface area contributed by atoms with E-state index < -0.39 is 0 Å². The summed E-state index contributed by atoms with van der Waals surface area (Å²) in [6, 6.07) is 9.37. The van der Waals surface area contributed by atoms with Crippen LogP contribution < -0.4 is 0 Å². The first-order chi connectivity index (χ1) is 10.6. The van der Waals surface area contributed by atoms with Gasteiger partial charge in [-0.25, -0.2) is 0 Å². The van der Waals surface area contributed by atoms with Gasteiger partial charge in [0, 0.05) is 38.8 Å². The van der Waals surface area contributed by atoms with Crippen molar-refractivity contribution in [2.75, 3.05) is 32.8 Å². The zero-order valence-corrected chi connectivity index (χ0v) is 14.5. The van der Waals surface area contributed by atoms with Gasteiger partial charge in [-0.05, 0) is 37.8 Å². The van der Waals surface area contributed by atoms with Crippen LogP contribution in [0.5, 0.6) is 0 Å². The van der Waals surface area contributed by atoms with Crippen molar-refractivity contribution in [3.05, 3.63) is 35.4 Å². The highest BCUT2D eigenvalue weighted by molar-refractivity contribution is 5.21. The Kier molecular flexibility index (Phi) is 6.87. The molecular formula is C19H32N2O. The maximum absolute atomic E-state index is 9.38. The topological polar surface area (TPSA) is 26.7 Å². The summed E-state index contributed by atoms with van der Waals surface area (Å²) in [5, 5.41) is 9.38. The molecule has 1 aliphatic rings. The fourth-order valence-corrected chi connectivity index (χ4v) is 3.19. The average molecular weight is 304 g/mol. The lowest BCUT2D eigenvalue weighted by Gasteiger charge is -2.41. The van der Waals surface area contributed by atoms with E-state index in [2.05, 4.69) is 54.8 Å². The van der Waals surface area contributed by atoms with Crippen LogP contribution in [0.2, 0.25) is 0 Å². The molecule has 0 aliphatic carbocycles. The van der Waals surface area contributed by atoms with Crippen LogP contribution in [-0.4, -0.2) is 53.7 Å². The molecule has 3 nitrogen and oxygen atoms in total. The molecule has 0 aromatic heterocycles. The normalized spacial score (nSPS) is 20.7. The van der Waals surface area contributed by atoms with Gasteiger partial charge in [-0.2, -0.15) is 0 Å². The van der Waals surface area contributed by atoms with Crippen LogP contribution >= 0.6 is 0 Å². The Bertz CT molecular complexity index is 430. The van der Waals surface area contributed by atoms with Gasteiger partial charge in [0.25, 0.3) is 0 Å². The lowest BCUT2D eigenvalue weighted by atomic mass is 10.0. The number of nitrogens with zero attached hydrogens (tertiary/aromatic N) is 2. The average Bonchev–Trinajstić information content (AvgIpc) is 2.49. The number of benzene rings is 1. The molecule has 124 valence electrons. The van der Waals surface area contributed by atoms with E-state index >= 15 is 0 Å². The number of aryl methyl sites for hydroxylation is 1. The molecular weight excluding hydrogens is 272 g/mol. The van der Waals surface area contributed by atoms with Crippen molar-refractivity contribution >= 4 is 0 Å². The van der Waals surface area contributed by atoms with E-state index in [1.54, 1.807) is 0 Å². The van der Waals surface area contributed by atoms with Crippen molar-refractivity contribution in [1.82, 2.24) is 9.80 Å². The fourth-order valence-electron chi connectivity index (χ4n) is 3.19. The number of aliphatic hydroxyl groups excluding tert-OH is 1. The summed E-state index contributed by atoms with van der Waals surface area (Å²) in [5.41, 5.74) is 2.71. The molecule has 1 saturated heterocycles. The van der Waals surface area contributed by atoms with Crippen LogP contribution in [0.15, 0.2) is 24.3 Å². The van der Waals surface area contributed by atoms with Gasteiger partial charge in [0.1, 0.15) is 0 Å². The predicted molar refractivity (Wildman–Crippen MR) is 93.0 cm³/mol. The van der Waals surface area contributed by atoms with Gasteiger partial charge in [0.15, 0.2) is 0 Å². The van der Waals surface area contributed by atoms with Crippen LogP contribution in [0.1, 0.15) is 37.8 Å². The van der Waals surface area contributed by atoms with E-state index in [9.17, 15) is 5.11 Å². The van der Waals surface area contributed by atoms with Crippen LogP contribution in [0.25, 0.3) is 0 Å². The van der Waals surface area contributed by atoms with E-state index in [1.807, 2.05) is 0 Å². The number of rotatable bonds is 7. The van der Waals surface area contributed by atoms with E-state index in [-0.39, 0.29) is 0 Å². The maximum atomic E-state index is 9.38. The summed E-state index contributed by atoms with van der Waals surface area (Å²) in [6.07, 6.45) is 2.14. The maximum Gasteiger partial charge on any atom is 0.0446 e. The smallest absolute Gasteiger partial charge is 0.0446 e. The van der Waals surface area contributed by atoms with Gasteiger partial charge in [0.05, 0.1) is 0 Å². The lowest BCUT2D eigenvalue weighted by molar-refractivity contribution is 0.0524. The van der Waals surface area contributed by atoms with Gasteiger partial charge >= 0.3 is 0 Å². The quantitative estimate of drug-likeness (QED) is 0.839. The second-order valence-corrected chi connectivity index (χ2v) is 7.11. The zero-order chi connectivity index (χ0) is 15.9. The molecule has 1 aliphatic heterocycles. The van der Waals surface area contributed by atoms with Crippen molar-refractivity contribution < 1.29 is 5.11 Å². The third-order valence-electron chi connectivity index (χ3n) is 4.67. The Labute approximate surface area is 135 Å². The third-order valence-corrected chi connectivity index (χ3v) is 4.67. The summed E-state index contributed by atoms with van der Waals surface area (Å²) in [5.74, 6) is 0.750. The first-order valence-corrected chi connectivity index (χ1v) is 8.71. The summed E-state index contributed by atoms with van der Waals surface area (Å²) in [7, 11) is 0. The second-order valence-electron chi connectivity index (χ2n) is 7.11. The summed E-state index contributed by atoms with van der Waals surface area (Å²) in [4.78, 5) is 5.12. The van der Waals surface area contributed by atoms with Gasteiger partial charge < -0.3 is 5.11 Å². The molecule has 2 rings (SSSR count). The van der Waals surface area contributed by atoms with Gasteiger partial charge in [-0.3, -0.25) is 9.80 Å². The molecule has 1 atom stereocenters. The molecule has 0 saturated carbocycles. The lowest BCUT2D eigenvalue weighted by Crippen LogP contribution is -2.53. The molecule has 1 fully saturated rings. The Morgan fingerprint density at radius 3 is 2.55 bits per heavy atom. The molecule has 1 aromatic carbocycles. The highest BCUT2D eigenvalue weighted by Crippen LogP contribution is 2.17. The van der Waals surface area contributed by atoms with E-state index in [0.29, 0.717) is 12.6 Å². The zero-order valence-electron chi connectivity index (χ0n) is 14.5. The standard InChI is InChI=1S/C19H32N2O/c1-16(2)8-10-21-12-11-20(15-19(21)9-13-22)14-18-6-4-17(3)5-7-18/h4-7,16,19,22H,8-15H2,1-3H3/t19-/m0/s1. The van der Waals surface area contributed by atoms with Crippen molar-refractivity contribution in [1.29, 1.82) is 0 Å². The molecule has 22 heavy (non-hydrogen) atoms.